The van der Waals surface area contributed by atoms with Crippen molar-refractivity contribution in [3.8, 4) is 0 Å². The van der Waals surface area contributed by atoms with E-state index < -0.39 is 6.10 Å². The summed E-state index contributed by atoms with van der Waals surface area (Å²) in [5, 5.41) is 0. The molecule has 0 rings (SSSR count). The Kier molecular flexibility index (Phi) is 65.4. The van der Waals surface area contributed by atoms with Gasteiger partial charge >= 0.3 is 17.9 Å². The van der Waals surface area contributed by atoms with Gasteiger partial charge in [-0.15, -0.1) is 0 Å². The molecule has 0 saturated heterocycles. The van der Waals surface area contributed by atoms with Gasteiger partial charge in [0.15, 0.2) is 6.10 Å². The van der Waals surface area contributed by atoms with Crippen LogP contribution in [0.3, 0.4) is 0 Å². The molecule has 0 spiro atoms. The van der Waals surface area contributed by atoms with Gasteiger partial charge < -0.3 is 14.2 Å². The van der Waals surface area contributed by atoms with Crippen LogP contribution in [0.2, 0.25) is 0 Å². The lowest BCUT2D eigenvalue weighted by molar-refractivity contribution is -0.166. The smallest absolute Gasteiger partial charge is 0.306 e. The summed E-state index contributed by atoms with van der Waals surface area (Å²) in [5.41, 5.74) is 0. The minimum atomic E-state index is -0.826. The third-order valence-electron chi connectivity index (χ3n) is 14.0. The zero-order valence-electron chi connectivity index (χ0n) is 53.7. The highest BCUT2D eigenvalue weighted by atomic mass is 16.6. The van der Waals surface area contributed by atoms with E-state index in [0.29, 0.717) is 19.3 Å². The zero-order valence-corrected chi connectivity index (χ0v) is 53.7. The summed E-state index contributed by atoms with van der Waals surface area (Å²) in [6.45, 7) is 6.35. The van der Waals surface area contributed by atoms with Crippen molar-refractivity contribution in [2.45, 2.75) is 297 Å². The van der Waals surface area contributed by atoms with Crippen LogP contribution in [-0.4, -0.2) is 37.2 Å². The molecule has 6 nitrogen and oxygen atoms in total. The van der Waals surface area contributed by atoms with Gasteiger partial charge in [0.25, 0.3) is 0 Å². The van der Waals surface area contributed by atoms with Gasteiger partial charge in [0.05, 0.1) is 0 Å². The molecule has 0 amide bonds. The van der Waals surface area contributed by atoms with E-state index in [2.05, 4.69) is 173 Å². The molecule has 0 fully saturated rings. The van der Waals surface area contributed by atoms with Crippen LogP contribution in [-0.2, 0) is 28.6 Å². The van der Waals surface area contributed by atoms with Crippen LogP contribution in [0.25, 0.3) is 0 Å². The molecule has 0 aliphatic heterocycles. The Morgan fingerprint density at radius 1 is 0.253 bits per heavy atom. The first-order valence-corrected chi connectivity index (χ1v) is 34.0. The monoisotopic (exact) mass is 1140 g/mol. The Morgan fingerprint density at radius 3 is 0.819 bits per heavy atom. The Hall–Kier alpha value is -4.97. The number of hydrogen-bond donors (Lipinski definition) is 0. The van der Waals surface area contributed by atoms with Crippen molar-refractivity contribution in [2.75, 3.05) is 13.2 Å². The number of carbonyl (C=O) groups excluding carboxylic acids is 3. The molecule has 0 heterocycles. The minimum absolute atomic E-state index is 0.116. The Balaban J connectivity index is 4.52. The van der Waals surface area contributed by atoms with Crippen molar-refractivity contribution in [3.05, 3.63) is 158 Å². The summed E-state index contributed by atoms with van der Waals surface area (Å²) in [4.78, 5) is 38.4. The molecule has 0 aliphatic carbocycles. The van der Waals surface area contributed by atoms with E-state index in [9.17, 15) is 14.4 Å². The molecule has 1 unspecified atom stereocenters. The van der Waals surface area contributed by atoms with E-state index in [-0.39, 0.29) is 37.5 Å². The molecule has 0 aromatic heterocycles. The molecular weight excluding hydrogens is 1020 g/mol. The number of allylic oxidation sites excluding steroid dienone is 26. The third-order valence-corrected chi connectivity index (χ3v) is 14.0. The Labute approximate surface area is 511 Å². The van der Waals surface area contributed by atoms with E-state index in [1.807, 2.05) is 6.08 Å². The highest BCUT2D eigenvalue weighted by Gasteiger charge is 2.19. The van der Waals surface area contributed by atoms with Gasteiger partial charge in [0, 0.05) is 19.3 Å². The Bertz CT molecular complexity index is 1840. The van der Waals surface area contributed by atoms with E-state index in [0.717, 1.165) is 128 Å². The molecule has 0 aromatic carbocycles. The SMILES string of the molecule is CC/C=C\C/C=C\C/C=C\C/C=C\C/C=C\C/C=C\CCCCCCCCC(=O)OCC(COC(=O)CC/C=C\C/C=C\C/C=C\C/C=C\C/C=C\C/C=C\CC)OC(=O)CCCCCCCCCCC/C=C\CCCCCCCCCC. The average Bonchev–Trinajstić information content (AvgIpc) is 3.50. The van der Waals surface area contributed by atoms with Crippen molar-refractivity contribution in [1.29, 1.82) is 0 Å². The standard InChI is InChI=1S/C77H124O6/c1-4-7-10-13-16-19-22-25-28-31-34-36-37-38-39-41-43-46-49-52-55-58-61-64-67-70-76(79)82-73-74(72-81-75(78)69-66-63-60-57-54-51-48-45-42-33-30-27-24-21-18-15-12-9-6-3)83-77(80)71-68-65-62-59-56-53-50-47-44-40-35-32-29-26-23-20-17-14-11-8-5-2/h7,9-10,12,16,18-19,21,25,27-28,30,32,34-36,38-39,42-43,45-46,51,54,60,63,74H,4-6,8,11,13-15,17,20,22-24,26,29,31,33,37,40-41,44,47-50,52-53,55-59,61-62,64-73H2,1-3H3/b10-7-,12-9-,19-16-,21-18-,28-25-,30-27-,35-32-,36-34-,39-38-,45-42-,46-43-,54-51-,63-60-. The number of hydrogen-bond acceptors (Lipinski definition) is 6. The van der Waals surface area contributed by atoms with E-state index in [4.69, 9.17) is 14.2 Å². The van der Waals surface area contributed by atoms with Crippen molar-refractivity contribution in [1.82, 2.24) is 0 Å². The minimum Gasteiger partial charge on any atom is -0.462 e. The molecule has 0 radical (unpaired) electrons. The fraction of sp³-hybridized carbons (Fsp3) is 0.623. The zero-order chi connectivity index (χ0) is 59.9. The maximum absolute atomic E-state index is 13.0. The second-order valence-electron chi connectivity index (χ2n) is 22.0. The second-order valence-corrected chi connectivity index (χ2v) is 22.0. The average molecular weight is 1150 g/mol. The molecule has 83 heavy (non-hydrogen) atoms. The van der Waals surface area contributed by atoms with Crippen molar-refractivity contribution in [2.24, 2.45) is 0 Å². The summed E-state index contributed by atoms with van der Waals surface area (Å²) < 4.78 is 16.9. The first-order valence-electron chi connectivity index (χ1n) is 34.0. The summed E-state index contributed by atoms with van der Waals surface area (Å²) in [7, 11) is 0. The third kappa shape index (κ3) is 67.7. The van der Waals surface area contributed by atoms with Gasteiger partial charge in [-0.3, -0.25) is 14.4 Å². The topological polar surface area (TPSA) is 78.9 Å². The molecule has 0 bridgehead atoms. The predicted octanol–water partition coefficient (Wildman–Crippen LogP) is 23.7. The quantitative estimate of drug-likeness (QED) is 0.0261. The van der Waals surface area contributed by atoms with Crippen molar-refractivity contribution >= 4 is 17.9 Å². The van der Waals surface area contributed by atoms with Crippen LogP contribution in [0.5, 0.6) is 0 Å². The van der Waals surface area contributed by atoms with Gasteiger partial charge in [0.1, 0.15) is 13.2 Å². The molecule has 0 aliphatic rings. The van der Waals surface area contributed by atoms with Crippen LogP contribution in [0.15, 0.2) is 158 Å². The summed E-state index contributed by atoms with van der Waals surface area (Å²) >= 11 is 0. The van der Waals surface area contributed by atoms with Gasteiger partial charge in [-0.25, -0.2) is 0 Å². The first-order chi connectivity index (χ1) is 41.0. The van der Waals surface area contributed by atoms with Crippen LogP contribution in [0.1, 0.15) is 290 Å². The van der Waals surface area contributed by atoms with Crippen LogP contribution in [0, 0.1) is 0 Å². The summed E-state index contributed by atoms with van der Waals surface area (Å²) in [6.07, 6.45) is 101. The van der Waals surface area contributed by atoms with Crippen LogP contribution < -0.4 is 0 Å². The highest BCUT2D eigenvalue weighted by Crippen LogP contribution is 2.15. The van der Waals surface area contributed by atoms with E-state index in [1.165, 1.54) is 116 Å². The lowest BCUT2D eigenvalue weighted by Crippen LogP contribution is -2.30. The largest absolute Gasteiger partial charge is 0.462 e. The van der Waals surface area contributed by atoms with Crippen molar-refractivity contribution in [3.63, 3.8) is 0 Å². The highest BCUT2D eigenvalue weighted by molar-refractivity contribution is 5.71. The predicted molar refractivity (Wildman–Crippen MR) is 362 cm³/mol. The molecule has 468 valence electrons. The molecule has 0 saturated carbocycles. The van der Waals surface area contributed by atoms with Gasteiger partial charge in [-0.05, 0) is 135 Å². The normalized spacial score (nSPS) is 13.1. The lowest BCUT2D eigenvalue weighted by atomic mass is 10.1. The fourth-order valence-corrected chi connectivity index (χ4v) is 9.00. The second kappa shape index (κ2) is 69.5. The summed E-state index contributed by atoms with van der Waals surface area (Å²) in [6, 6.07) is 0. The number of esters is 3. The molecule has 0 N–H and O–H groups in total. The molecule has 1 atom stereocenters. The van der Waals surface area contributed by atoms with Crippen molar-refractivity contribution < 1.29 is 28.6 Å². The van der Waals surface area contributed by atoms with Gasteiger partial charge in [0.2, 0.25) is 0 Å². The molecule has 6 heteroatoms. The van der Waals surface area contributed by atoms with Crippen LogP contribution in [0.4, 0.5) is 0 Å². The van der Waals surface area contributed by atoms with Gasteiger partial charge in [-0.1, -0.05) is 294 Å². The lowest BCUT2D eigenvalue weighted by Gasteiger charge is -2.18. The van der Waals surface area contributed by atoms with Crippen LogP contribution >= 0.6 is 0 Å². The molecule has 0 aromatic rings. The molecular formula is C77H124O6. The van der Waals surface area contributed by atoms with E-state index >= 15 is 0 Å². The number of carbonyl (C=O) groups is 3. The maximum Gasteiger partial charge on any atom is 0.306 e. The van der Waals surface area contributed by atoms with E-state index in [1.54, 1.807) is 0 Å². The number of unbranched alkanes of at least 4 members (excludes halogenated alkanes) is 23. The maximum atomic E-state index is 13.0. The number of rotatable bonds is 60. The summed E-state index contributed by atoms with van der Waals surface area (Å²) in [5.74, 6) is -1.02. The first kappa shape index (κ1) is 78.0. The Morgan fingerprint density at radius 2 is 0.494 bits per heavy atom. The number of ether oxygens (including phenoxy) is 3. The van der Waals surface area contributed by atoms with Gasteiger partial charge in [-0.2, -0.15) is 0 Å². The fourth-order valence-electron chi connectivity index (χ4n) is 9.00.